The number of rotatable bonds is 8. The number of ether oxygens (including phenoxy) is 2. The van der Waals surface area contributed by atoms with Gasteiger partial charge in [-0.2, -0.15) is 0 Å². The van der Waals surface area contributed by atoms with Crippen molar-refractivity contribution in [3.63, 3.8) is 0 Å². The first-order chi connectivity index (χ1) is 14.0. The smallest absolute Gasteiger partial charge is 0.156 e. The first-order valence-corrected chi connectivity index (χ1v) is 9.63. The molecule has 0 aliphatic rings. The fourth-order valence-electron chi connectivity index (χ4n) is 3.22. The SMILES string of the molecule is COc1ccc(CN(Cc2ccc(OC)cc2)c2ncnc(C(C)C)c2N)cc1. The normalized spacial score (nSPS) is 10.8. The number of anilines is 2. The molecule has 29 heavy (non-hydrogen) atoms. The molecular formula is C23H28N4O2. The zero-order valence-corrected chi connectivity index (χ0v) is 17.4. The average molecular weight is 393 g/mol. The molecule has 3 aromatic rings. The Hall–Kier alpha value is -3.28. The van der Waals surface area contributed by atoms with Gasteiger partial charge >= 0.3 is 0 Å². The fraction of sp³-hybridized carbons (Fsp3) is 0.304. The third-order valence-corrected chi connectivity index (χ3v) is 4.81. The summed E-state index contributed by atoms with van der Waals surface area (Å²) in [4.78, 5) is 11.1. The van der Waals surface area contributed by atoms with Crippen molar-refractivity contribution in [1.29, 1.82) is 0 Å². The summed E-state index contributed by atoms with van der Waals surface area (Å²) in [6.07, 6.45) is 1.59. The molecule has 2 N–H and O–H groups in total. The molecule has 0 aliphatic carbocycles. The predicted octanol–water partition coefficient (Wildman–Crippen LogP) is 4.41. The Morgan fingerprint density at radius 3 is 1.72 bits per heavy atom. The molecule has 0 unspecified atom stereocenters. The van der Waals surface area contributed by atoms with E-state index in [1.54, 1.807) is 20.5 Å². The maximum Gasteiger partial charge on any atom is 0.156 e. The van der Waals surface area contributed by atoms with Crippen LogP contribution in [0.2, 0.25) is 0 Å². The van der Waals surface area contributed by atoms with Crippen molar-refractivity contribution in [3.8, 4) is 11.5 Å². The van der Waals surface area contributed by atoms with Gasteiger partial charge in [0.15, 0.2) is 5.82 Å². The second-order valence-electron chi connectivity index (χ2n) is 7.20. The van der Waals surface area contributed by atoms with E-state index in [1.165, 1.54) is 0 Å². The molecule has 152 valence electrons. The molecule has 0 amide bonds. The van der Waals surface area contributed by atoms with Crippen LogP contribution in [0.4, 0.5) is 11.5 Å². The Bertz CT molecular complexity index is 875. The molecule has 0 bridgehead atoms. The molecule has 1 aromatic heterocycles. The van der Waals surface area contributed by atoms with Crippen LogP contribution in [0.1, 0.15) is 36.6 Å². The summed E-state index contributed by atoms with van der Waals surface area (Å²) in [7, 11) is 3.33. The van der Waals surface area contributed by atoms with Gasteiger partial charge in [0, 0.05) is 13.1 Å². The van der Waals surface area contributed by atoms with Gasteiger partial charge in [-0.25, -0.2) is 9.97 Å². The van der Waals surface area contributed by atoms with Crippen molar-refractivity contribution < 1.29 is 9.47 Å². The standard InChI is InChI=1S/C23H28N4O2/c1-16(2)22-21(24)23(26-15-25-22)27(13-17-5-9-19(28-3)10-6-17)14-18-7-11-20(29-4)12-8-18/h5-12,15-16H,13-14,24H2,1-4H3. The molecule has 0 aliphatic heterocycles. The molecular weight excluding hydrogens is 364 g/mol. The third kappa shape index (κ3) is 4.96. The number of hydrogen-bond donors (Lipinski definition) is 1. The summed E-state index contributed by atoms with van der Waals surface area (Å²) in [6.45, 7) is 5.49. The Morgan fingerprint density at radius 1 is 0.828 bits per heavy atom. The zero-order chi connectivity index (χ0) is 20.8. The van der Waals surface area contributed by atoms with Crippen LogP contribution in [0.25, 0.3) is 0 Å². The van der Waals surface area contributed by atoms with Crippen molar-refractivity contribution in [2.24, 2.45) is 0 Å². The van der Waals surface area contributed by atoms with E-state index in [1.807, 2.05) is 24.3 Å². The Balaban J connectivity index is 1.94. The number of nitrogen functional groups attached to an aromatic ring is 1. The lowest BCUT2D eigenvalue weighted by atomic mass is 10.1. The molecule has 1 heterocycles. The summed E-state index contributed by atoms with van der Waals surface area (Å²) < 4.78 is 10.5. The van der Waals surface area contributed by atoms with Crippen LogP contribution in [-0.4, -0.2) is 24.2 Å². The molecule has 0 saturated carbocycles. The minimum atomic E-state index is 0.223. The van der Waals surface area contributed by atoms with Crippen LogP contribution in [0.5, 0.6) is 11.5 Å². The van der Waals surface area contributed by atoms with E-state index in [-0.39, 0.29) is 5.92 Å². The number of nitrogens with zero attached hydrogens (tertiary/aromatic N) is 3. The van der Waals surface area contributed by atoms with Gasteiger partial charge in [-0.05, 0) is 41.3 Å². The zero-order valence-electron chi connectivity index (χ0n) is 17.4. The van der Waals surface area contributed by atoms with Crippen molar-refractivity contribution in [3.05, 3.63) is 71.7 Å². The van der Waals surface area contributed by atoms with Crippen molar-refractivity contribution in [2.75, 3.05) is 24.9 Å². The van der Waals surface area contributed by atoms with E-state index in [9.17, 15) is 0 Å². The van der Waals surface area contributed by atoms with E-state index in [0.717, 1.165) is 34.1 Å². The summed E-state index contributed by atoms with van der Waals surface area (Å²) >= 11 is 0. The summed E-state index contributed by atoms with van der Waals surface area (Å²) in [5.74, 6) is 2.63. The number of nitrogens with two attached hydrogens (primary N) is 1. The molecule has 6 nitrogen and oxygen atoms in total. The number of methoxy groups -OCH3 is 2. The maximum absolute atomic E-state index is 6.48. The van der Waals surface area contributed by atoms with Gasteiger partial charge in [-0.1, -0.05) is 38.1 Å². The molecule has 0 radical (unpaired) electrons. The minimum Gasteiger partial charge on any atom is -0.497 e. The minimum absolute atomic E-state index is 0.223. The van der Waals surface area contributed by atoms with Crippen LogP contribution in [0.15, 0.2) is 54.9 Å². The van der Waals surface area contributed by atoms with Crippen LogP contribution < -0.4 is 20.1 Å². The molecule has 0 saturated heterocycles. The predicted molar refractivity (Wildman–Crippen MR) is 116 cm³/mol. The first-order valence-electron chi connectivity index (χ1n) is 9.63. The average Bonchev–Trinajstić information content (AvgIpc) is 2.74. The van der Waals surface area contributed by atoms with Crippen molar-refractivity contribution in [2.45, 2.75) is 32.9 Å². The molecule has 0 fully saturated rings. The van der Waals surface area contributed by atoms with Crippen LogP contribution in [0.3, 0.4) is 0 Å². The highest BCUT2D eigenvalue weighted by molar-refractivity contribution is 5.66. The van der Waals surface area contributed by atoms with E-state index in [4.69, 9.17) is 15.2 Å². The number of aromatic nitrogens is 2. The number of hydrogen-bond acceptors (Lipinski definition) is 6. The summed E-state index contributed by atoms with van der Waals surface area (Å²) in [5.41, 5.74) is 10.3. The highest BCUT2D eigenvalue weighted by atomic mass is 16.5. The second kappa shape index (κ2) is 9.28. The van der Waals surface area contributed by atoms with Crippen LogP contribution >= 0.6 is 0 Å². The Kier molecular flexibility index (Phi) is 6.54. The largest absolute Gasteiger partial charge is 0.497 e. The molecule has 6 heteroatoms. The highest BCUT2D eigenvalue weighted by Gasteiger charge is 2.18. The topological polar surface area (TPSA) is 73.5 Å². The van der Waals surface area contributed by atoms with Gasteiger partial charge in [0.2, 0.25) is 0 Å². The molecule has 0 spiro atoms. The van der Waals surface area contributed by atoms with Gasteiger partial charge < -0.3 is 20.1 Å². The fourth-order valence-corrected chi connectivity index (χ4v) is 3.22. The van der Waals surface area contributed by atoms with E-state index in [2.05, 4.69) is 53.0 Å². The third-order valence-electron chi connectivity index (χ3n) is 4.81. The monoisotopic (exact) mass is 392 g/mol. The summed E-state index contributed by atoms with van der Waals surface area (Å²) in [5, 5.41) is 0. The lowest BCUT2D eigenvalue weighted by Gasteiger charge is -2.26. The van der Waals surface area contributed by atoms with E-state index in [0.29, 0.717) is 18.8 Å². The van der Waals surface area contributed by atoms with Crippen molar-refractivity contribution >= 4 is 11.5 Å². The van der Waals surface area contributed by atoms with Crippen LogP contribution in [0, 0.1) is 0 Å². The van der Waals surface area contributed by atoms with Gasteiger partial charge in [0.1, 0.15) is 17.8 Å². The lowest BCUT2D eigenvalue weighted by Crippen LogP contribution is -2.25. The maximum atomic E-state index is 6.48. The lowest BCUT2D eigenvalue weighted by molar-refractivity contribution is 0.414. The summed E-state index contributed by atoms with van der Waals surface area (Å²) in [6, 6.07) is 16.1. The highest BCUT2D eigenvalue weighted by Crippen LogP contribution is 2.30. The van der Waals surface area contributed by atoms with Crippen LogP contribution in [-0.2, 0) is 13.1 Å². The number of benzene rings is 2. The van der Waals surface area contributed by atoms with E-state index >= 15 is 0 Å². The van der Waals surface area contributed by atoms with Gasteiger partial charge in [-0.15, -0.1) is 0 Å². The van der Waals surface area contributed by atoms with Gasteiger partial charge in [0.25, 0.3) is 0 Å². The quantitative estimate of drug-likeness (QED) is 0.612. The second-order valence-corrected chi connectivity index (χ2v) is 7.20. The van der Waals surface area contributed by atoms with Crippen molar-refractivity contribution in [1.82, 2.24) is 9.97 Å². The Labute approximate surface area is 172 Å². The first kappa shape index (κ1) is 20.5. The molecule has 2 aromatic carbocycles. The molecule has 3 rings (SSSR count). The Morgan fingerprint density at radius 2 is 1.31 bits per heavy atom. The van der Waals surface area contributed by atoms with E-state index < -0.39 is 0 Å². The van der Waals surface area contributed by atoms with Gasteiger partial charge in [-0.3, -0.25) is 0 Å². The van der Waals surface area contributed by atoms with Gasteiger partial charge in [0.05, 0.1) is 25.6 Å². The molecule has 0 atom stereocenters.